The lowest BCUT2D eigenvalue weighted by atomic mass is 10.1. The lowest BCUT2D eigenvalue weighted by Crippen LogP contribution is -2.42. The number of fused-ring (bicyclic) bond motifs is 2. The molecule has 5 rings (SSSR count). The second-order valence-corrected chi connectivity index (χ2v) is 9.09. The van der Waals surface area contributed by atoms with Crippen molar-refractivity contribution in [1.29, 1.82) is 5.41 Å². The van der Waals surface area contributed by atoms with Gasteiger partial charge in [0.1, 0.15) is 11.6 Å². The van der Waals surface area contributed by atoms with Crippen molar-refractivity contribution in [3.05, 3.63) is 70.9 Å². The number of benzene rings is 2. The third-order valence-corrected chi connectivity index (χ3v) is 6.38. The normalized spacial score (nSPS) is 11.9. The largest absolute Gasteiger partial charge is 0.493 e. The van der Waals surface area contributed by atoms with Crippen molar-refractivity contribution in [2.75, 3.05) is 6.54 Å². The number of halogens is 5. The van der Waals surface area contributed by atoms with Gasteiger partial charge in [0.25, 0.3) is 0 Å². The molecule has 0 bridgehead atoms. The molecule has 4 N–H and O–H groups in total. The molecule has 0 saturated heterocycles. The summed E-state index contributed by atoms with van der Waals surface area (Å²) in [4.78, 5) is 28.4. The number of hydroxylamine groups is 2. The third-order valence-electron chi connectivity index (χ3n) is 6.38. The van der Waals surface area contributed by atoms with Crippen LogP contribution in [0.2, 0.25) is 0 Å². The topological polar surface area (TPSA) is 140 Å². The molecule has 0 amide bonds. The number of aromatic nitrogens is 5. The first-order valence-electron chi connectivity index (χ1n) is 12.0. The standard InChI is InChI=1S/C25H21F5N8O3/c1-35-11-17(15-9-13(26)3-5-18(15)35)21-33-34-24(40)38(21)20-12-36(19-6-4-14(27)10-16(19)20)7-2-8-37(23(31)32)41-22(39)25(28,29)30/h3-6,9-12H,2,7-8H2,1H3,(H3,31,32)(H,34,40). The molecule has 11 nitrogen and oxygen atoms in total. The summed E-state index contributed by atoms with van der Waals surface area (Å²) < 4.78 is 70.8. The average Bonchev–Trinajstić information content (AvgIpc) is 3.54. The summed E-state index contributed by atoms with van der Waals surface area (Å²) in [5.74, 6) is -4.39. The van der Waals surface area contributed by atoms with E-state index in [4.69, 9.17) is 11.1 Å². The van der Waals surface area contributed by atoms with Crippen LogP contribution in [0.1, 0.15) is 6.42 Å². The number of nitrogens with two attached hydrogens (primary N) is 1. The van der Waals surface area contributed by atoms with Gasteiger partial charge in [0.2, 0.25) is 5.96 Å². The smallest absolute Gasteiger partial charge is 0.368 e. The Bertz CT molecular complexity index is 1870. The van der Waals surface area contributed by atoms with Crippen molar-refractivity contribution in [3.63, 3.8) is 0 Å². The summed E-state index contributed by atoms with van der Waals surface area (Å²) in [6.45, 7) is -0.289. The molecule has 3 aromatic heterocycles. The molecule has 2 aromatic carbocycles. The number of hydrogen-bond donors (Lipinski definition) is 3. The van der Waals surface area contributed by atoms with Gasteiger partial charge in [0, 0.05) is 47.8 Å². The molecule has 214 valence electrons. The number of aromatic amines is 1. The second-order valence-electron chi connectivity index (χ2n) is 9.09. The van der Waals surface area contributed by atoms with E-state index in [9.17, 15) is 31.5 Å². The number of carbonyl (C=O) groups is 1. The molecule has 3 heterocycles. The molecular weight excluding hydrogens is 555 g/mol. The number of hydrogen-bond acceptors (Lipinski definition) is 5. The molecule has 0 aliphatic carbocycles. The molecule has 0 spiro atoms. The Morgan fingerprint density at radius 2 is 1.76 bits per heavy atom. The maximum Gasteiger partial charge on any atom is 0.493 e. The maximum atomic E-state index is 14.4. The summed E-state index contributed by atoms with van der Waals surface area (Å²) in [6.07, 6.45) is -2.06. The highest BCUT2D eigenvalue weighted by atomic mass is 19.4. The van der Waals surface area contributed by atoms with Gasteiger partial charge in [-0.15, -0.1) is 0 Å². The first-order valence-corrected chi connectivity index (χ1v) is 12.0. The Labute approximate surface area is 226 Å². The minimum Gasteiger partial charge on any atom is -0.368 e. The number of nitrogens with one attached hydrogen (secondary N) is 2. The Balaban J connectivity index is 1.53. The molecule has 41 heavy (non-hydrogen) atoms. The van der Waals surface area contributed by atoms with Crippen molar-refractivity contribution in [3.8, 4) is 17.1 Å². The molecular formula is C25H21F5N8O3. The summed E-state index contributed by atoms with van der Waals surface area (Å²) in [5.41, 5.74) is 6.42. The fraction of sp³-hybridized carbons (Fsp3) is 0.200. The molecule has 0 fully saturated rings. The Hall–Kier alpha value is -5.15. The zero-order valence-electron chi connectivity index (χ0n) is 21.2. The minimum absolute atomic E-state index is 0.0288. The van der Waals surface area contributed by atoms with Gasteiger partial charge in [-0.25, -0.2) is 28.0 Å². The lowest BCUT2D eigenvalue weighted by molar-refractivity contribution is -0.225. The van der Waals surface area contributed by atoms with E-state index in [-0.39, 0.29) is 31.0 Å². The number of rotatable bonds is 6. The van der Waals surface area contributed by atoms with Crippen LogP contribution in [0, 0.1) is 17.0 Å². The summed E-state index contributed by atoms with van der Waals surface area (Å²) in [7, 11) is 1.75. The predicted molar refractivity (Wildman–Crippen MR) is 137 cm³/mol. The van der Waals surface area contributed by atoms with Crippen molar-refractivity contribution >= 4 is 33.7 Å². The molecule has 16 heteroatoms. The molecule has 0 saturated carbocycles. The minimum atomic E-state index is -5.28. The van der Waals surface area contributed by atoms with Crippen LogP contribution in [0.15, 0.2) is 53.6 Å². The molecule has 0 atom stereocenters. The van der Waals surface area contributed by atoms with E-state index in [2.05, 4.69) is 15.0 Å². The van der Waals surface area contributed by atoms with Gasteiger partial charge in [-0.05, 0) is 42.8 Å². The molecule has 0 radical (unpaired) electrons. The van der Waals surface area contributed by atoms with E-state index in [0.29, 0.717) is 32.4 Å². The Morgan fingerprint density at radius 3 is 2.41 bits per heavy atom. The van der Waals surface area contributed by atoms with Gasteiger partial charge in [-0.1, -0.05) is 0 Å². The van der Waals surface area contributed by atoms with Crippen LogP contribution < -0.4 is 11.4 Å². The van der Waals surface area contributed by atoms with Crippen LogP contribution in [0.5, 0.6) is 0 Å². The Morgan fingerprint density at radius 1 is 1.10 bits per heavy atom. The van der Waals surface area contributed by atoms with Crippen molar-refractivity contribution in [1.82, 2.24) is 29.0 Å². The van der Waals surface area contributed by atoms with Crippen LogP contribution in [-0.4, -0.2) is 53.6 Å². The van der Waals surface area contributed by atoms with Crippen LogP contribution in [0.3, 0.4) is 0 Å². The highest BCUT2D eigenvalue weighted by Crippen LogP contribution is 2.33. The number of carbonyl (C=O) groups excluding carboxylic acids is 1. The molecule has 0 aliphatic rings. The first kappa shape index (κ1) is 27.4. The number of H-pyrrole nitrogens is 1. The molecule has 5 aromatic rings. The first-order chi connectivity index (χ1) is 19.3. The van der Waals surface area contributed by atoms with E-state index in [1.165, 1.54) is 41.1 Å². The van der Waals surface area contributed by atoms with Gasteiger partial charge in [-0.3, -0.25) is 5.41 Å². The maximum absolute atomic E-state index is 14.4. The molecule has 0 unspecified atom stereocenters. The summed E-state index contributed by atoms with van der Waals surface area (Å²) in [6, 6.07) is 8.06. The van der Waals surface area contributed by atoms with E-state index in [1.807, 2.05) is 0 Å². The van der Waals surface area contributed by atoms with Gasteiger partial charge in [-0.2, -0.15) is 23.3 Å². The van der Waals surface area contributed by atoms with E-state index in [1.54, 1.807) is 28.4 Å². The number of nitrogens with zero attached hydrogens (tertiary/aromatic N) is 5. The highest BCUT2D eigenvalue weighted by Gasteiger charge is 2.43. The van der Waals surface area contributed by atoms with Gasteiger partial charge < -0.3 is 19.7 Å². The van der Waals surface area contributed by atoms with Crippen LogP contribution in [0.25, 0.3) is 38.9 Å². The zero-order valence-corrected chi connectivity index (χ0v) is 21.2. The monoisotopic (exact) mass is 576 g/mol. The van der Waals surface area contributed by atoms with Crippen molar-refractivity contribution < 1.29 is 31.6 Å². The fourth-order valence-corrected chi connectivity index (χ4v) is 4.61. The lowest BCUT2D eigenvalue weighted by Gasteiger charge is -2.21. The zero-order chi connectivity index (χ0) is 29.6. The quantitative estimate of drug-likeness (QED) is 0.122. The summed E-state index contributed by atoms with van der Waals surface area (Å²) in [5, 5.41) is 15.1. The van der Waals surface area contributed by atoms with E-state index in [0.717, 1.165) is 0 Å². The van der Waals surface area contributed by atoms with Gasteiger partial charge in [0.05, 0.1) is 17.7 Å². The van der Waals surface area contributed by atoms with Gasteiger partial charge >= 0.3 is 17.8 Å². The fourth-order valence-electron chi connectivity index (χ4n) is 4.61. The average molecular weight is 576 g/mol. The predicted octanol–water partition coefficient (Wildman–Crippen LogP) is 3.56. The second kappa shape index (κ2) is 10.1. The van der Waals surface area contributed by atoms with Crippen molar-refractivity contribution in [2.24, 2.45) is 12.8 Å². The van der Waals surface area contributed by atoms with E-state index >= 15 is 0 Å². The van der Waals surface area contributed by atoms with Gasteiger partial charge in [0.15, 0.2) is 5.82 Å². The number of alkyl halides is 3. The summed E-state index contributed by atoms with van der Waals surface area (Å²) >= 11 is 0. The number of aryl methyl sites for hydroxylation is 2. The van der Waals surface area contributed by atoms with E-state index < -0.39 is 35.4 Å². The number of guanidine groups is 1. The van der Waals surface area contributed by atoms with Crippen LogP contribution in [0.4, 0.5) is 22.0 Å². The highest BCUT2D eigenvalue weighted by molar-refractivity contribution is 5.96. The molecule has 0 aliphatic heterocycles. The van der Waals surface area contributed by atoms with Crippen LogP contribution >= 0.6 is 0 Å². The van der Waals surface area contributed by atoms with Crippen LogP contribution in [-0.2, 0) is 23.2 Å². The van der Waals surface area contributed by atoms with Crippen molar-refractivity contribution in [2.45, 2.75) is 19.1 Å². The SMILES string of the molecule is Cn1cc(-c2n[nH]c(=O)n2-c2cn(CCCN(OC(=O)C(F)(F)F)C(=N)N)c3ccc(F)cc23)c2cc(F)ccc21. The third kappa shape index (κ3) is 5.10. The Kier molecular flexibility index (Phi) is 6.76.